The zero-order chi connectivity index (χ0) is 17.1. The van der Waals surface area contributed by atoms with Crippen LogP contribution in [0.15, 0.2) is 67.0 Å². The third kappa shape index (κ3) is 3.54. The summed E-state index contributed by atoms with van der Waals surface area (Å²) < 4.78 is 13.1. The fourth-order valence-electron chi connectivity index (χ4n) is 2.74. The quantitative estimate of drug-likeness (QED) is 0.865. The van der Waals surface area contributed by atoms with Gasteiger partial charge in [0.15, 0.2) is 0 Å². The molecule has 1 N–H and O–H groups in total. The number of hydrogen-bond acceptors (Lipinski definition) is 2. The largest absolute Gasteiger partial charge is 0.360 e. The molecule has 0 fully saturated rings. The first-order chi connectivity index (χ1) is 11.5. The molecule has 3 rings (SSSR count). The second kappa shape index (κ2) is 6.71. The Hall–Kier alpha value is -2.88. The van der Waals surface area contributed by atoms with E-state index in [4.69, 9.17) is 0 Å². The Balaban J connectivity index is 1.93. The lowest BCUT2D eigenvalue weighted by Gasteiger charge is -2.26. The predicted molar refractivity (Wildman–Crippen MR) is 96.0 cm³/mol. The first-order valence-electron chi connectivity index (χ1n) is 7.84. The third-order valence-electron chi connectivity index (χ3n) is 3.86. The summed E-state index contributed by atoms with van der Waals surface area (Å²) in [5.74, 6) is -0.213. The average molecular weight is 322 g/mol. The molecule has 0 saturated carbocycles. The molecule has 122 valence electrons. The Bertz CT molecular complexity index is 809. The molecule has 1 heterocycles. The van der Waals surface area contributed by atoms with Crippen molar-refractivity contribution in [2.75, 3.05) is 10.2 Å². The van der Waals surface area contributed by atoms with Crippen LogP contribution >= 0.6 is 0 Å². The number of anilines is 2. The fraction of sp³-hybridized carbons (Fsp3) is 0.150. The van der Waals surface area contributed by atoms with E-state index in [0.29, 0.717) is 12.8 Å². The van der Waals surface area contributed by atoms with E-state index in [-0.39, 0.29) is 11.7 Å². The molecule has 0 radical (unpaired) electrons. The van der Waals surface area contributed by atoms with Gasteiger partial charge in [-0.1, -0.05) is 24.8 Å². The van der Waals surface area contributed by atoms with Crippen LogP contribution in [0.2, 0.25) is 0 Å². The number of carbonyl (C=O) groups excluding carboxylic acids is 1. The summed E-state index contributed by atoms with van der Waals surface area (Å²) in [6, 6.07) is 14.0. The molecule has 0 aliphatic carbocycles. The number of amides is 1. The van der Waals surface area contributed by atoms with Crippen LogP contribution < -0.4 is 10.2 Å². The van der Waals surface area contributed by atoms with Crippen molar-refractivity contribution >= 4 is 22.9 Å². The molecule has 0 bridgehead atoms. The minimum atomic E-state index is -0.262. The van der Waals surface area contributed by atoms with Crippen molar-refractivity contribution in [1.29, 1.82) is 0 Å². The van der Waals surface area contributed by atoms with Crippen molar-refractivity contribution in [3.05, 3.63) is 78.4 Å². The van der Waals surface area contributed by atoms with Crippen LogP contribution in [0, 0.1) is 5.82 Å². The highest BCUT2D eigenvalue weighted by Gasteiger charge is 2.21. The van der Waals surface area contributed by atoms with Crippen LogP contribution in [0.25, 0.3) is 5.57 Å². The van der Waals surface area contributed by atoms with Gasteiger partial charge in [-0.3, -0.25) is 9.69 Å². The maximum absolute atomic E-state index is 13.1. The minimum absolute atomic E-state index is 0.0494. The van der Waals surface area contributed by atoms with E-state index in [0.717, 1.165) is 28.2 Å². The zero-order valence-corrected chi connectivity index (χ0v) is 13.6. The second-order valence-electron chi connectivity index (χ2n) is 5.88. The molecule has 0 aromatic heterocycles. The maximum atomic E-state index is 13.1. The number of benzene rings is 2. The van der Waals surface area contributed by atoms with E-state index in [2.05, 4.69) is 11.9 Å². The normalized spacial score (nSPS) is 14.3. The number of nitrogens with one attached hydrogen (secondary N) is 1. The smallest absolute Gasteiger partial charge is 0.231 e. The lowest BCUT2D eigenvalue weighted by molar-refractivity contribution is -0.118. The zero-order valence-electron chi connectivity index (χ0n) is 13.6. The molecular weight excluding hydrogens is 303 g/mol. The maximum Gasteiger partial charge on any atom is 0.231 e. The topological polar surface area (TPSA) is 32.3 Å². The van der Waals surface area contributed by atoms with Crippen molar-refractivity contribution in [3.8, 4) is 0 Å². The van der Waals surface area contributed by atoms with E-state index in [9.17, 15) is 9.18 Å². The molecule has 0 saturated heterocycles. The molecule has 1 amide bonds. The van der Waals surface area contributed by atoms with Crippen molar-refractivity contribution in [1.82, 2.24) is 0 Å². The van der Waals surface area contributed by atoms with Gasteiger partial charge in [0, 0.05) is 24.0 Å². The molecule has 2 aromatic carbocycles. The van der Waals surface area contributed by atoms with Gasteiger partial charge in [-0.05, 0) is 54.8 Å². The summed E-state index contributed by atoms with van der Waals surface area (Å²) in [5, 5.41) is 3.15. The lowest BCUT2D eigenvalue weighted by Crippen LogP contribution is -2.28. The molecular formula is C20H19FN2O. The fourth-order valence-corrected chi connectivity index (χ4v) is 2.74. The van der Waals surface area contributed by atoms with Crippen LogP contribution in [-0.2, 0) is 4.79 Å². The van der Waals surface area contributed by atoms with Gasteiger partial charge >= 0.3 is 0 Å². The summed E-state index contributed by atoms with van der Waals surface area (Å²) in [5.41, 5.74) is 4.47. The molecule has 1 aliphatic heterocycles. The van der Waals surface area contributed by atoms with Gasteiger partial charge in [-0.2, -0.15) is 0 Å². The van der Waals surface area contributed by atoms with Crippen molar-refractivity contribution in [2.24, 2.45) is 0 Å². The van der Waals surface area contributed by atoms with Gasteiger partial charge in [-0.25, -0.2) is 4.39 Å². The SMILES string of the molecule is C=C(C)Nc1cccc(N2C=C(c3ccc(F)cc3)CCC2=O)c1. The van der Waals surface area contributed by atoms with Gasteiger partial charge in [0.05, 0.1) is 5.69 Å². The summed E-state index contributed by atoms with van der Waals surface area (Å²) >= 11 is 0. The number of rotatable bonds is 4. The number of halogens is 1. The van der Waals surface area contributed by atoms with Crippen LogP contribution in [0.4, 0.5) is 15.8 Å². The van der Waals surface area contributed by atoms with Gasteiger partial charge in [0.1, 0.15) is 5.82 Å². The Kier molecular flexibility index (Phi) is 4.47. The molecule has 0 spiro atoms. The molecule has 3 nitrogen and oxygen atoms in total. The number of carbonyl (C=O) groups is 1. The van der Waals surface area contributed by atoms with Crippen molar-refractivity contribution in [2.45, 2.75) is 19.8 Å². The minimum Gasteiger partial charge on any atom is -0.360 e. The van der Waals surface area contributed by atoms with Gasteiger partial charge in [0.25, 0.3) is 0 Å². The average Bonchev–Trinajstić information content (AvgIpc) is 2.56. The predicted octanol–water partition coefficient (Wildman–Crippen LogP) is 4.94. The highest BCUT2D eigenvalue weighted by Crippen LogP contribution is 2.30. The number of hydrogen-bond donors (Lipinski definition) is 1. The molecule has 24 heavy (non-hydrogen) atoms. The molecule has 0 unspecified atom stereocenters. The first kappa shape index (κ1) is 16.0. The monoisotopic (exact) mass is 322 g/mol. The van der Waals surface area contributed by atoms with Crippen LogP contribution in [0.3, 0.4) is 0 Å². The van der Waals surface area contributed by atoms with E-state index < -0.39 is 0 Å². The van der Waals surface area contributed by atoms with E-state index in [1.807, 2.05) is 37.4 Å². The van der Waals surface area contributed by atoms with Crippen molar-refractivity contribution in [3.63, 3.8) is 0 Å². The van der Waals surface area contributed by atoms with E-state index in [1.54, 1.807) is 17.0 Å². The Morgan fingerprint density at radius 1 is 1.17 bits per heavy atom. The van der Waals surface area contributed by atoms with Crippen LogP contribution in [0.5, 0.6) is 0 Å². The van der Waals surface area contributed by atoms with Gasteiger partial charge in [0.2, 0.25) is 5.91 Å². The van der Waals surface area contributed by atoms with E-state index in [1.165, 1.54) is 12.1 Å². The number of nitrogens with zero attached hydrogens (tertiary/aromatic N) is 1. The summed E-state index contributed by atoms with van der Waals surface area (Å²) in [6.07, 6.45) is 2.94. The molecule has 4 heteroatoms. The Labute approximate surface area is 141 Å². The van der Waals surface area contributed by atoms with Crippen LogP contribution in [0.1, 0.15) is 25.3 Å². The summed E-state index contributed by atoms with van der Waals surface area (Å²) in [4.78, 5) is 14.0. The van der Waals surface area contributed by atoms with Gasteiger partial charge < -0.3 is 5.32 Å². The number of allylic oxidation sites excluding steroid dienone is 2. The molecule has 0 atom stereocenters. The highest BCUT2D eigenvalue weighted by atomic mass is 19.1. The first-order valence-corrected chi connectivity index (χ1v) is 7.84. The Morgan fingerprint density at radius 2 is 1.92 bits per heavy atom. The van der Waals surface area contributed by atoms with E-state index >= 15 is 0 Å². The highest BCUT2D eigenvalue weighted by molar-refractivity contribution is 6.00. The molecule has 2 aromatic rings. The Morgan fingerprint density at radius 3 is 2.62 bits per heavy atom. The van der Waals surface area contributed by atoms with Crippen LogP contribution in [-0.4, -0.2) is 5.91 Å². The summed E-state index contributed by atoms with van der Waals surface area (Å²) in [7, 11) is 0. The lowest BCUT2D eigenvalue weighted by atomic mass is 9.98. The second-order valence-corrected chi connectivity index (χ2v) is 5.88. The standard InChI is InChI=1S/C20H19FN2O/c1-14(2)22-18-4-3-5-19(12-18)23-13-16(8-11-20(23)24)15-6-9-17(21)10-7-15/h3-7,9-10,12-13,22H,1,8,11H2,2H3. The third-order valence-corrected chi connectivity index (χ3v) is 3.86. The summed E-state index contributed by atoms with van der Waals surface area (Å²) in [6.45, 7) is 5.71. The van der Waals surface area contributed by atoms with Crippen molar-refractivity contribution < 1.29 is 9.18 Å². The molecule has 1 aliphatic rings. The van der Waals surface area contributed by atoms with Gasteiger partial charge in [-0.15, -0.1) is 0 Å².